The minimum absolute atomic E-state index is 0.0655. The molecule has 9 rings (SSSR count). The first-order valence-electron chi connectivity index (χ1n) is 18.2. The molecule has 1 aliphatic carbocycles. The summed E-state index contributed by atoms with van der Waals surface area (Å²) in [6.07, 6.45) is 11.7. The van der Waals surface area contributed by atoms with Gasteiger partial charge in [0, 0.05) is 54.3 Å². The van der Waals surface area contributed by atoms with E-state index in [2.05, 4.69) is 192 Å². The Labute approximate surface area is 319 Å². The van der Waals surface area contributed by atoms with Gasteiger partial charge in [0.15, 0.2) is 5.43 Å². The third-order valence-electron chi connectivity index (χ3n) is 9.85. The molecule has 7 aromatic carbocycles. The third-order valence-corrected chi connectivity index (χ3v) is 11.0. The zero-order valence-corrected chi connectivity index (χ0v) is 30.4. The van der Waals surface area contributed by atoms with E-state index >= 15 is 0 Å². The summed E-state index contributed by atoms with van der Waals surface area (Å²) < 4.78 is 1.97. The second kappa shape index (κ2) is 14.7. The van der Waals surface area contributed by atoms with Crippen molar-refractivity contribution in [3.8, 4) is 22.3 Å². The molecule has 0 aliphatic heterocycles. The van der Waals surface area contributed by atoms with Gasteiger partial charge in [-0.3, -0.25) is 4.79 Å². The lowest BCUT2D eigenvalue weighted by Gasteiger charge is -2.26. The van der Waals surface area contributed by atoms with Gasteiger partial charge in [-0.2, -0.15) is 0 Å². The summed E-state index contributed by atoms with van der Waals surface area (Å²) in [6.45, 7) is 0. The molecule has 0 amide bonds. The summed E-state index contributed by atoms with van der Waals surface area (Å²) in [5.41, 5.74) is 10.9. The summed E-state index contributed by atoms with van der Waals surface area (Å²) in [7, 11) is 0. The van der Waals surface area contributed by atoms with Gasteiger partial charge in [0.1, 0.15) is 0 Å². The van der Waals surface area contributed by atoms with Crippen LogP contribution in [-0.4, -0.2) is 0 Å². The summed E-state index contributed by atoms with van der Waals surface area (Å²) in [4.78, 5) is 18.5. The van der Waals surface area contributed by atoms with E-state index in [-0.39, 0.29) is 5.43 Å². The van der Waals surface area contributed by atoms with Crippen molar-refractivity contribution in [2.75, 3.05) is 9.80 Å². The average molecular weight is 713 g/mol. The SMILES string of the molecule is O=c1c2ccc(-c3ccc(N(C4=CC=CCC=C4)c4ccccc4)cc3)cc2sc2ccc(-c3ccc(N(c4ccccc4)c4ccccc4)cc3)cc12. The lowest BCUT2D eigenvalue weighted by atomic mass is 10.0. The number of hydrogen-bond donors (Lipinski definition) is 0. The van der Waals surface area contributed by atoms with Crippen molar-refractivity contribution in [1.82, 2.24) is 0 Å². The van der Waals surface area contributed by atoms with Crippen molar-refractivity contribution in [2.24, 2.45) is 0 Å². The van der Waals surface area contributed by atoms with Crippen LogP contribution in [0.3, 0.4) is 0 Å². The number of allylic oxidation sites excluding steroid dienone is 5. The zero-order chi connectivity index (χ0) is 36.3. The number of rotatable bonds is 8. The van der Waals surface area contributed by atoms with E-state index in [1.54, 1.807) is 11.3 Å². The van der Waals surface area contributed by atoms with Gasteiger partial charge in [-0.25, -0.2) is 0 Å². The van der Waals surface area contributed by atoms with E-state index in [4.69, 9.17) is 0 Å². The van der Waals surface area contributed by atoms with Crippen molar-refractivity contribution in [3.63, 3.8) is 0 Å². The second-order valence-corrected chi connectivity index (χ2v) is 14.4. The molecule has 0 unspecified atom stereocenters. The molecule has 0 fully saturated rings. The second-order valence-electron chi connectivity index (χ2n) is 13.3. The number of anilines is 5. The zero-order valence-electron chi connectivity index (χ0n) is 29.5. The first kappa shape index (κ1) is 33.1. The van der Waals surface area contributed by atoms with Gasteiger partial charge in [-0.05, 0) is 126 Å². The first-order chi connectivity index (χ1) is 26.7. The van der Waals surface area contributed by atoms with E-state index in [1.165, 1.54) is 0 Å². The highest BCUT2D eigenvalue weighted by molar-refractivity contribution is 7.24. The Kier molecular flexibility index (Phi) is 9.02. The minimum Gasteiger partial charge on any atom is -0.311 e. The van der Waals surface area contributed by atoms with Gasteiger partial charge in [-0.1, -0.05) is 109 Å². The molecule has 0 bridgehead atoms. The number of para-hydroxylation sites is 3. The van der Waals surface area contributed by atoms with Gasteiger partial charge in [-0.15, -0.1) is 11.3 Å². The maximum Gasteiger partial charge on any atom is 0.195 e. The fourth-order valence-electron chi connectivity index (χ4n) is 7.16. The van der Waals surface area contributed by atoms with E-state index in [1.807, 2.05) is 24.3 Å². The molecule has 8 aromatic rings. The predicted octanol–water partition coefficient (Wildman–Crippen LogP) is 13.8. The molecule has 3 nitrogen and oxygen atoms in total. The van der Waals surface area contributed by atoms with Gasteiger partial charge < -0.3 is 9.80 Å². The van der Waals surface area contributed by atoms with Crippen LogP contribution in [0.15, 0.2) is 217 Å². The molecule has 1 aliphatic rings. The Balaban J connectivity index is 1.01. The summed E-state index contributed by atoms with van der Waals surface area (Å²) in [5, 5.41) is 1.50. The molecule has 54 heavy (non-hydrogen) atoms. The van der Waals surface area contributed by atoms with E-state index in [0.717, 1.165) is 83.0 Å². The largest absolute Gasteiger partial charge is 0.311 e. The molecular formula is C50H36N2OS. The average Bonchev–Trinajstić information content (AvgIpc) is 3.52. The van der Waals surface area contributed by atoms with E-state index < -0.39 is 0 Å². The molecule has 0 saturated heterocycles. The number of nitrogens with zero attached hydrogens (tertiary/aromatic N) is 2. The van der Waals surface area contributed by atoms with Crippen LogP contribution in [0.1, 0.15) is 6.42 Å². The standard InChI is InChI=1S/C50H36N2OS/c53-50-46-32-26-39(37-24-30-45(31-25-37)51(41-16-8-3-9-17-41)40-14-6-1-2-7-15-40)35-49(46)54-48-33-27-38(34-47(48)50)36-22-28-44(29-23-36)52(42-18-10-4-11-19-42)43-20-12-5-13-21-43/h1,3-35H,2H2. The van der Waals surface area contributed by atoms with Gasteiger partial charge in [0.2, 0.25) is 0 Å². The monoisotopic (exact) mass is 712 g/mol. The molecule has 0 spiro atoms. The van der Waals surface area contributed by atoms with Crippen LogP contribution in [0.4, 0.5) is 28.4 Å². The van der Waals surface area contributed by atoms with Gasteiger partial charge in [0.05, 0.1) is 0 Å². The van der Waals surface area contributed by atoms with Crippen molar-refractivity contribution >= 4 is 59.9 Å². The molecule has 0 saturated carbocycles. The van der Waals surface area contributed by atoms with Crippen LogP contribution in [0.2, 0.25) is 0 Å². The molecule has 1 aromatic heterocycles. The van der Waals surface area contributed by atoms with Crippen LogP contribution in [0.5, 0.6) is 0 Å². The number of benzene rings is 7. The Morgan fingerprint density at radius 3 is 1.54 bits per heavy atom. The predicted molar refractivity (Wildman–Crippen MR) is 231 cm³/mol. The van der Waals surface area contributed by atoms with Crippen molar-refractivity contribution in [2.45, 2.75) is 6.42 Å². The third kappa shape index (κ3) is 6.56. The minimum atomic E-state index is 0.0655. The maximum absolute atomic E-state index is 14.0. The van der Waals surface area contributed by atoms with Crippen molar-refractivity contribution in [3.05, 3.63) is 222 Å². The lowest BCUT2D eigenvalue weighted by molar-refractivity contribution is 1.21. The van der Waals surface area contributed by atoms with Crippen molar-refractivity contribution in [1.29, 1.82) is 0 Å². The summed E-state index contributed by atoms with van der Waals surface area (Å²) in [6, 6.07) is 61.0. The molecule has 1 heterocycles. The highest BCUT2D eigenvalue weighted by Gasteiger charge is 2.15. The molecule has 0 radical (unpaired) electrons. The highest BCUT2D eigenvalue weighted by Crippen LogP contribution is 2.37. The van der Waals surface area contributed by atoms with Crippen LogP contribution >= 0.6 is 11.3 Å². The van der Waals surface area contributed by atoms with Crippen LogP contribution in [0.25, 0.3) is 42.4 Å². The van der Waals surface area contributed by atoms with Gasteiger partial charge >= 0.3 is 0 Å². The fourth-order valence-corrected chi connectivity index (χ4v) is 8.25. The maximum atomic E-state index is 14.0. The van der Waals surface area contributed by atoms with Gasteiger partial charge in [0.25, 0.3) is 0 Å². The molecule has 0 atom stereocenters. The fraction of sp³-hybridized carbons (Fsp3) is 0.0200. The van der Waals surface area contributed by atoms with E-state index in [9.17, 15) is 4.79 Å². The summed E-state index contributed by atoms with van der Waals surface area (Å²) >= 11 is 1.67. The topological polar surface area (TPSA) is 23.6 Å². The Morgan fingerprint density at radius 2 is 0.926 bits per heavy atom. The summed E-state index contributed by atoms with van der Waals surface area (Å²) in [5.74, 6) is 0. The smallest absolute Gasteiger partial charge is 0.195 e. The highest BCUT2D eigenvalue weighted by atomic mass is 32.1. The van der Waals surface area contributed by atoms with Crippen molar-refractivity contribution < 1.29 is 0 Å². The Bertz CT molecular complexity index is 2690. The molecule has 258 valence electrons. The Hall–Kier alpha value is -6.75. The number of fused-ring (bicyclic) bond motifs is 2. The van der Waals surface area contributed by atoms with Crippen LogP contribution in [-0.2, 0) is 0 Å². The number of hydrogen-bond acceptors (Lipinski definition) is 4. The van der Waals surface area contributed by atoms with E-state index in [0.29, 0.717) is 0 Å². The van der Waals surface area contributed by atoms with Crippen LogP contribution < -0.4 is 15.2 Å². The molecule has 0 N–H and O–H groups in total. The quantitative estimate of drug-likeness (QED) is 0.147. The first-order valence-corrected chi connectivity index (χ1v) is 19.0. The molecule has 4 heteroatoms. The molecular weight excluding hydrogens is 677 g/mol. The van der Waals surface area contributed by atoms with Crippen LogP contribution in [0, 0.1) is 0 Å². The lowest BCUT2D eigenvalue weighted by Crippen LogP contribution is -2.14. The normalized spacial score (nSPS) is 12.4. The Morgan fingerprint density at radius 1 is 0.426 bits per heavy atom.